The molecule has 1 nitrogen and oxygen atoms in total. The lowest BCUT2D eigenvalue weighted by Gasteiger charge is -2.54. The van der Waals surface area contributed by atoms with Gasteiger partial charge in [0, 0.05) is 17.6 Å². The molecular weight excluding hydrogens is 254 g/mol. The van der Waals surface area contributed by atoms with E-state index in [0.29, 0.717) is 0 Å². The van der Waals surface area contributed by atoms with Crippen LogP contribution in [0.2, 0.25) is 5.02 Å². The molecule has 4 saturated carbocycles. The van der Waals surface area contributed by atoms with Crippen molar-refractivity contribution in [2.45, 2.75) is 44.7 Å². The summed E-state index contributed by atoms with van der Waals surface area (Å²) in [5.74, 6) is 4.00. The highest BCUT2D eigenvalue weighted by atomic mass is 35.5. The van der Waals surface area contributed by atoms with Crippen LogP contribution in [-0.2, 0) is 6.54 Å². The maximum atomic E-state index is 6.25. The van der Waals surface area contributed by atoms with Crippen molar-refractivity contribution >= 4 is 11.6 Å². The Morgan fingerprint density at radius 1 is 0.947 bits per heavy atom. The molecular formula is C17H22ClN. The van der Waals surface area contributed by atoms with Gasteiger partial charge >= 0.3 is 0 Å². The first-order valence-electron chi connectivity index (χ1n) is 7.76. The number of nitrogens with one attached hydrogen (secondary N) is 1. The van der Waals surface area contributed by atoms with Gasteiger partial charge in [0.05, 0.1) is 0 Å². The number of benzene rings is 1. The van der Waals surface area contributed by atoms with Gasteiger partial charge in [0.15, 0.2) is 0 Å². The molecule has 5 rings (SSSR count). The molecule has 0 radical (unpaired) electrons. The predicted molar refractivity (Wildman–Crippen MR) is 79.1 cm³/mol. The second-order valence-corrected chi connectivity index (χ2v) is 7.34. The van der Waals surface area contributed by atoms with Crippen molar-refractivity contribution in [2.24, 2.45) is 23.7 Å². The van der Waals surface area contributed by atoms with Crippen LogP contribution in [0.15, 0.2) is 24.3 Å². The van der Waals surface area contributed by atoms with E-state index in [2.05, 4.69) is 17.4 Å². The van der Waals surface area contributed by atoms with E-state index in [9.17, 15) is 0 Å². The van der Waals surface area contributed by atoms with Gasteiger partial charge in [-0.15, -0.1) is 0 Å². The first-order chi connectivity index (χ1) is 9.29. The zero-order valence-corrected chi connectivity index (χ0v) is 12.1. The molecule has 0 saturated heterocycles. The summed E-state index contributed by atoms with van der Waals surface area (Å²) >= 11 is 6.25. The molecule has 0 amide bonds. The highest BCUT2D eigenvalue weighted by molar-refractivity contribution is 6.31. The van der Waals surface area contributed by atoms with E-state index in [1.807, 2.05) is 12.1 Å². The number of hydrogen-bond acceptors (Lipinski definition) is 1. The summed E-state index contributed by atoms with van der Waals surface area (Å²) in [7, 11) is 0. The van der Waals surface area contributed by atoms with Gasteiger partial charge in [-0.2, -0.15) is 0 Å². The van der Waals surface area contributed by atoms with Gasteiger partial charge in [-0.1, -0.05) is 29.8 Å². The van der Waals surface area contributed by atoms with E-state index in [0.717, 1.165) is 41.3 Å². The standard InChI is InChI=1S/C17H22ClN/c18-16-4-2-1-3-13(16)10-19-17-14-6-11-5-12(8-14)9-15(17)7-11/h1-4,11-12,14-15,17,19H,5-10H2. The van der Waals surface area contributed by atoms with Gasteiger partial charge in [0.2, 0.25) is 0 Å². The highest BCUT2D eigenvalue weighted by Gasteiger charge is 2.47. The van der Waals surface area contributed by atoms with Gasteiger partial charge in [-0.05, 0) is 67.4 Å². The third kappa shape index (κ3) is 2.21. The molecule has 1 aromatic carbocycles. The van der Waals surface area contributed by atoms with Crippen LogP contribution < -0.4 is 5.32 Å². The topological polar surface area (TPSA) is 12.0 Å². The van der Waals surface area contributed by atoms with E-state index >= 15 is 0 Å². The monoisotopic (exact) mass is 275 g/mol. The zero-order valence-electron chi connectivity index (χ0n) is 11.3. The van der Waals surface area contributed by atoms with E-state index in [1.54, 1.807) is 0 Å². The molecule has 4 bridgehead atoms. The smallest absolute Gasteiger partial charge is 0.0450 e. The average molecular weight is 276 g/mol. The van der Waals surface area contributed by atoms with Gasteiger partial charge < -0.3 is 5.32 Å². The second kappa shape index (κ2) is 4.79. The lowest BCUT2D eigenvalue weighted by molar-refractivity contribution is -0.0142. The van der Waals surface area contributed by atoms with Gasteiger partial charge in [0.25, 0.3) is 0 Å². The minimum Gasteiger partial charge on any atom is -0.309 e. The largest absolute Gasteiger partial charge is 0.309 e. The zero-order chi connectivity index (χ0) is 12.8. The molecule has 1 N–H and O–H groups in total. The molecule has 2 heteroatoms. The Bertz CT molecular complexity index is 442. The SMILES string of the molecule is Clc1ccccc1CNC1C2CC3CC(C2)CC1C3. The van der Waals surface area contributed by atoms with Crippen LogP contribution in [0.1, 0.15) is 37.7 Å². The molecule has 102 valence electrons. The van der Waals surface area contributed by atoms with Crippen molar-refractivity contribution in [3.05, 3.63) is 34.9 Å². The van der Waals surface area contributed by atoms with Crippen LogP contribution in [0.3, 0.4) is 0 Å². The lowest BCUT2D eigenvalue weighted by Crippen LogP contribution is -2.54. The minimum absolute atomic E-state index is 0.754. The summed E-state index contributed by atoms with van der Waals surface area (Å²) in [5.41, 5.74) is 1.25. The molecule has 0 aliphatic heterocycles. The quantitative estimate of drug-likeness (QED) is 0.869. The van der Waals surface area contributed by atoms with Gasteiger partial charge in [0.1, 0.15) is 0 Å². The summed E-state index contributed by atoms with van der Waals surface area (Å²) in [5, 5.41) is 4.74. The van der Waals surface area contributed by atoms with Crippen molar-refractivity contribution in [3.63, 3.8) is 0 Å². The van der Waals surface area contributed by atoms with Crippen molar-refractivity contribution in [1.29, 1.82) is 0 Å². The Labute approximate surface area is 120 Å². The first-order valence-corrected chi connectivity index (χ1v) is 8.14. The molecule has 0 unspecified atom stereocenters. The maximum Gasteiger partial charge on any atom is 0.0450 e. The molecule has 4 aliphatic rings. The number of halogens is 1. The fourth-order valence-corrected chi connectivity index (χ4v) is 5.33. The molecule has 4 fully saturated rings. The highest BCUT2D eigenvalue weighted by Crippen LogP contribution is 2.53. The van der Waals surface area contributed by atoms with Crippen LogP contribution in [0, 0.1) is 23.7 Å². The predicted octanol–water partition coefficient (Wildman–Crippen LogP) is 4.25. The summed E-state index contributed by atoms with van der Waals surface area (Å²) in [6.45, 7) is 0.937. The molecule has 0 spiro atoms. The Hall–Kier alpha value is -0.530. The fraction of sp³-hybridized carbons (Fsp3) is 0.647. The normalized spacial score (nSPS) is 39.7. The van der Waals surface area contributed by atoms with E-state index in [1.165, 1.54) is 37.7 Å². The van der Waals surface area contributed by atoms with Crippen molar-refractivity contribution < 1.29 is 0 Å². The number of hydrogen-bond donors (Lipinski definition) is 1. The summed E-state index contributed by atoms with van der Waals surface area (Å²) < 4.78 is 0. The van der Waals surface area contributed by atoms with Crippen LogP contribution in [0.5, 0.6) is 0 Å². The maximum absolute atomic E-state index is 6.25. The molecule has 4 aliphatic carbocycles. The molecule has 19 heavy (non-hydrogen) atoms. The fourth-order valence-electron chi connectivity index (χ4n) is 5.13. The van der Waals surface area contributed by atoms with Gasteiger partial charge in [-0.3, -0.25) is 0 Å². The first kappa shape index (κ1) is 12.2. The van der Waals surface area contributed by atoms with Crippen LogP contribution in [0.4, 0.5) is 0 Å². The van der Waals surface area contributed by atoms with Crippen LogP contribution >= 0.6 is 11.6 Å². The number of rotatable bonds is 3. The Kier molecular flexibility index (Phi) is 3.08. The van der Waals surface area contributed by atoms with E-state index < -0.39 is 0 Å². The Morgan fingerprint density at radius 2 is 1.58 bits per heavy atom. The molecule has 0 atom stereocenters. The van der Waals surface area contributed by atoms with Crippen molar-refractivity contribution in [1.82, 2.24) is 5.32 Å². The average Bonchev–Trinajstić information content (AvgIpc) is 2.39. The molecule has 0 aromatic heterocycles. The second-order valence-electron chi connectivity index (χ2n) is 6.93. The molecule has 1 aromatic rings. The van der Waals surface area contributed by atoms with Crippen molar-refractivity contribution in [3.8, 4) is 0 Å². The minimum atomic E-state index is 0.754. The summed E-state index contributed by atoms with van der Waals surface area (Å²) in [4.78, 5) is 0. The van der Waals surface area contributed by atoms with Crippen LogP contribution in [0.25, 0.3) is 0 Å². The lowest BCUT2D eigenvalue weighted by atomic mass is 9.54. The van der Waals surface area contributed by atoms with Crippen LogP contribution in [-0.4, -0.2) is 6.04 Å². The Morgan fingerprint density at radius 3 is 2.21 bits per heavy atom. The van der Waals surface area contributed by atoms with Gasteiger partial charge in [-0.25, -0.2) is 0 Å². The van der Waals surface area contributed by atoms with E-state index in [4.69, 9.17) is 11.6 Å². The van der Waals surface area contributed by atoms with E-state index in [-0.39, 0.29) is 0 Å². The molecule has 0 heterocycles. The third-order valence-electron chi connectivity index (χ3n) is 5.71. The Balaban J connectivity index is 1.45. The summed E-state index contributed by atoms with van der Waals surface area (Å²) in [6.07, 6.45) is 7.45. The third-order valence-corrected chi connectivity index (χ3v) is 6.08. The summed E-state index contributed by atoms with van der Waals surface area (Å²) in [6, 6.07) is 8.99. The van der Waals surface area contributed by atoms with Crippen molar-refractivity contribution in [2.75, 3.05) is 0 Å².